The van der Waals surface area contributed by atoms with Crippen LogP contribution in [0.5, 0.6) is 0 Å². The number of hydrogen-bond donors (Lipinski definition) is 0. The minimum Gasteiger partial charge on any atom is -0.295 e. The summed E-state index contributed by atoms with van der Waals surface area (Å²) in [6.45, 7) is 6.11. The highest BCUT2D eigenvalue weighted by atomic mass is 15.3. The van der Waals surface area contributed by atoms with Crippen LogP contribution in [0.1, 0.15) is 33.1 Å². The summed E-state index contributed by atoms with van der Waals surface area (Å²) in [5.41, 5.74) is 0.638. The highest BCUT2D eigenvalue weighted by molar-refractivity contribution is 5.03. The molecule has 0 aliphatic carbocycles. The fourth-order valence-electron chi connectivity index (χ4n) is 2.32. The zero-order valence-electron chi connectivity index (χ0n) is 6.35. The highest BCUT2D eigenvalue weighted by Crippen LogP contribution is 2.43. The van der Waals surface area contributed by atoms with Gasteiger partial charge in [-0.05, 0) is 33.1 Å². The molecule has 1 heteroatoms. The highest BCUT2D eigenvalue weighted by Gasteiger charge is 2.47. The summed E-state index contributed by atoms with van der Waals surface area (Å²) in [5.74, 6) is 0. The van der Waals surface area contributed by atoms with E-state index in [2.05, 4.69) is 18.7 Å². The first-order valence-corrected chi connectivity index (χ1v) is 3.99. The maximum Gasteiger partial charge on any atom is 0.0197 e. The quantitative estimate of drug-likeness (QED) is 0.475. The maximum atomic E-state index is 2.65. The molecule has 1 nitrogen and oxygen atoms in total. The SMILES string of the molecule is CC1CCC2(C)CCN12. The lowest BCUT2D eigenvalue weighted by Crippen LogP contribution is -2.55. The van der Waals surface area contributed by atoms with Gasteiger partial charge in [0.05, 0.1) is 0 Å². The van der Waals surface area contributed by atoms with E-state index in [1.807, 2.05) is 0 Å². The van der Waals surface area contributed by atoms with Crippen molar-refractivity contribution in [3.8, 4) is 0 Å². The van der Waals surface area contributed by atoms with Crippen LogP contribution in [-0.2, 0) is 0 Å². The van der Waals surface area contributed by atoms with Gasteiger partial charge in [-0.25, -0.2) is 0 Å². The third kappa shape index (κ3) is 0.586. The van der Waals surface area contributed by atoms with Crippen molar-refractivity contribution in [2.45, 2.75) is 44.7 Å². The van der Waals surface area contributed by atoms with Crippen molar-refractivity contribution in [1.29, 1.82) is 0 Å². The van der Waals surface area contributed by atoms with Crippen LogP contribution in [0.2, 0.25) is 0 Å². The molecule has 2 unspecified atom stereocenters. The predicted molar refractivity (Wildman–Crippen MR) is 38.4 cm³/mol. The normalized spacial score (nSPS) is 50.7. The van der Waals surface area contributed by atoms with Crippen LogP contribution >= 0.6 is 0 Å². The Morgan fingerprint density at radius 1 is 1.44 bits per heavy atom. The molecule has 0 aromatic carbocycles. The Morgan fingerprint density at radius 2 is 2.22 bits per heavy atom. The van der Waals surface area contributed by atoms with Gasteiger partial charge in [-0.2, -0.15) is 0 Å². The summed E-state index contributed by atoms with van der Waals surface area (Å²) in [6, 6.07) is 0.878. The Bertz CT molecular complexity index is 133. The summed E-state index contributed by atoms with van der Waals surface area (Å²) >= 11 is 0. The minimum atomic E-state index is 0.638. The van der Waals surface area contributed by atoms with E-state index >= 15 is 0 Å². The van der Waals surface area contributed by atoms with Crippen LogP contribution in [0, 0.1) is 0 Å². The first kappa shape index (κ1) is 5.72. The van der Waals surface area contributed by atoms with Crippen molar-refractivity contribution in [3.63, 3.8) is 0 Å². The Labute approximate surface area is 57.0 Å². The smallest absolute Gasteiger partial charge is 0.0197 e. The molecule has 0 spiro atoms. The van der Waals surface area contributed by atoms with Crippen molar-refractivity contribution in [2.24, 2.45) is 0 Å². The van der Waals surface area contributed by atoms with Crippen molar-refractivity contribution in [1.82, 2.24) is 4.90 Å². The van der Waals surface area contributed by atoms with E-state index in [1.165, 1.54) is 25.8 Å². The largest absolute Gasteiger partial charge is 0.295 e. The molecule has 2 aliphatic heterocycles. The summed E-state index contributed by atoms with van der Waals surface area (Å²) in [6.07, 6.45) is 4.31. The van der Waals surface area contributed by atoms with Crippen molar-refractivity contribution >= 4 is 0 Å². The molecule has 2 atom stereocenters. The van der Waals surface area contributed by atoms with Crippen molar-refractivity contribution in [3.05, 3.63) is 0 Å². The van der Waals surface area contributed by atoms with Crippen LogP contribution in [0.25, 0.3) is 0 Å². The molecule has 2 aliphatic rings. The second-order valence-electron chi connectivity index (χ2n) is 3.83. The van der Waals surface area contributed by atoms with E-state index in [1.54, 1.807) is 0 Å². The fraction of sp³-hybridized carbons (Fsp3) is 1.00. The molecule has 52 valence electrons. The summed E-state index contributed by atoms with van der Waals surface area (Å²) in [4.78, 5) is 2.65. The topological polar surface area (TPSA) is 3.24 Å². The Hall–Kier alpha value is -0.0400. The van der Waals surface area contributed by atoms with Gasteiger partial charge in [0.25, 0.3) is 0 Å². The predicted octanol–water partition coefficient (Wildman–Crippen LogP) is 1.63. The first-order chi connectivity index (χ1) is 4.22. The van der Waals surface area contributed by atoms with Crippen LogP contribution in [-0.4, -0.2) is 23.0 Å². The number of rotatable bonds is 0. The second kappa shape index (κ2) is 1.51. The van der Waals surface area contributed by atoms with E-state index < -0.39 is 0 Å². The van der Waals surface area contributed by atoms with E-state index in [0.717, 1.165) is 6.04 Å². The molecular weight excluding hydrogens is 110 g/mol. The standard InChI is InChI=1S/C8H15N/c1-7-3-4-8(2)5-6-9(7)8/h7H,3-6H2,1-2H3. The lowest BCUT2D eigenvalue weighted by atomic mass is 9.87. The van der Waals surface area contributed by atoms with Gasteiger partial charge in [-0.3, -0.25) is 4.90 Å². The Kier molecular flexibility index (Phi) is 0.963. The number of hydrogen-bond acceptors (Lipinski definition) is 1. The van der Waals surface area contributed by atoms with Crippen LogP contribution in [0.15, 0.2) is 0 Å². The van der Waals surface area contributed by atoms with Crippen molar-refractivity contribution in [2.75, 3.05) is 6.54 Å². The lowest BCUT2D eigenvalue weighted by Gasteiger charge is -2.47. The molecular formula is C8H15N. The average molecular weight is 125 g/mol. The lowest BCUT2D eigenvalue weighted by molar-refractivity contribution is 0.0177. The van der Waals surface area contributed by atoms with Gasteiger partial charge in [0.1, 0.15) is 0 Å². The van der Waals surface area contributed by atoms with Gasteiger partial charge >= 0.3 is 0 Å². The molecule has 0 N–H and O–H groups in total. The Balaban J connectivity index is 2.15. The molecule has 0 aromatic rings. The van der Waals surface area contributed by atoms with Gasteiger partial charge in [0, 0.05) is 18.1 Å². The third-order valence-electron chi connectivity index (χ3n) is 3.22. The molecule has 0 saturated carbocycles. The molecule has 2 saturated heterocycles. The van der Waals surface area contributed by atoms with Gasteiger partial charge in [0.15, 0.2) is 0 Å². The van der Waals surface area contributed by atoms with E-state index in [4.69, 9.17) is 0 Å². The zero-order chi connectivity index (χ0) is 6.48. The molecule has 0 radical (unpaired) electrons. The molecule has 0 bridgehead atoms. The first-order valence-electron chi connectivity index (χ1n) is 3.99. The van der Waals surface area contributed by atoms with E-state index in [-0.39, 0.29) is 0 Å². The summed E-state index contributed by atoms with van der Waals surface area (Å²) in [5, 5.41) is 0. The molecule has 2 fully saturated rings. The molecule has 9 heavy (non-hydrogen) atoms. The average Bonchev–Trinajstić information content (AvgIpc) is 1.93. The van der Waals surface area contributed by atoms with Gasteiger partial charge in [0.2, 0.25) is 0 Å². The number of fused-ring (bicyclic) bond motifs is 1. The van der Waals surface area contributed by atoms with Crippen LogP contribution < -0.4 is 0 Å². The summed E-state index contributed by atoms with van der Waals surface area (Å²) < 4.78 is 0. The molecule has 2 rings (SSSR count). The molecule has 0 aromatic heterocycles. The van der Waals surface area contributed by atoms with E-state index in [9.17, 15) is 0 Å². The van der Waals surface area contributed by atoms with Crippen LogP contribution in [0.3, 0.4) is 0 Å². The van der Waals surface area contributed by atoms with Crippen molar-refractivity contribution < 1.29 is 0 Å². The Morgan fingerprint density at radius 3 is 2.44 bits per heavy atom. The zero-order valence-corrected chi connectivity index (χ0v) is 6.35. The van der Waals surface area contributed by atoms with Gasteiger partial charge in [-0.1, -0.05) is 0 Å². The van der Waals surface area contributed by atoms with Gasteiger partial charge < -0.3 is 0 Å². The summed E-state index contributed by atoms with van der Waals surface area (Å²) in [7, 11) is 0. The van der Waals surface area contributed by atoms with Gasteiger partial charge in [-0.15, -0.1) is 0 Å². The molecule has 0 amide bonds. The monoisotopic (exact) mass is 125 g/mol. The third-order valence-corrected chi connectivity index (χ3v) is 3.22. The number of nitrogens with zero attached hydrogens (tertiary/aromatic N) is 1. The van der Waals surface area contributed by atoms with Crippen LogP contribution in [0.4, 0.5) is 0 Å². The molecule has 2 heterocycles. The minimum absolute atomic E-state index is 0.638. The van der Waals surface area contributed by atoms with E-state index in [0.29, 0.717) is 5.54 Å². The maximum absolute atomic E-state index is 2.65. The second-order valence-corrected chi connectivity index (χ2v) is 3.83. The fourth-order valence-corrected chi connectivity index (χ4v) is 2.32.